The molecule has 31 heavy (non-hydrogen) atoms. The zero-order valence-corrected chi connectivity index (χ0v) is 20.7. The average molecular weight is 537 g/mol. The van der Waals surface area contributed by atoms with Crippen molar-refractivity contribution in [3.8, 4) is 5.75 Å². The van der Waals surface area contributed by atoms with Gasteiger partial charge in [0.05, 0.1) is 17.6 Å². The Bertz CT molecular complexity index is 941. The number of hydrogen-bond donors (Lipinski definition) is 3. The first-order valence-corrected chi connectivity index (χ1v) is 10.3. The molecular formula is C23H32IN5O2. The van der Waals surface area contributed by atoms with Crippen LogP contribution in [0.4, 0.5) is 0 Å². The van der Waals surface area contributed by atoms with E-state index in [4.69, 9.17) is 9.47 Å². The van der Waals surface area contributed by atoms with E-state index in [-0.39, 0.29) is 24.0 Å². The number of nitrogens with zero attached hydrogens (tertiary/aromatic N) is 2. The maximum atomic E-state index is 5.96. The molecule has 0 saturated heterocycles. The number of aliphatic imine (C=N–C) groups is 1. The Hall–Kier alpha value is -2.33. The van der Waals surface area contributed by atoms with E-state index in [1.165, 1.54) is 5.56 Å². The molecule has 0 saturated carbocycles. The molecule has 3 N–H and O–H groups in total. The predicted molar refractivity (Wildman–Crippen MR) is 137 cm³/mol. The quantitative estimate of drug-likeness (QED) is 0.159. The average Bonchev–Trinajstić information content (AvgIpc) is 3.17. The van der Waals surface area contributed by atoms with Gasteiger partial charge in [0.15, 0.2) is 5.96 Å². The second-order valence-corrected chi connectivity index (χ2v) is 7.11. The van der Waals surface area contributed by atoms with E-state index in [1.54, 1.807) is 14.2 Å². The summed E-state index contributed by atoms with van der Waals surface area (Å²) in [6, 6.07) is 14.3. The summed E-state index contributed by atoms with van der Waals surface area (Å²) in [6.45, 7) is 4.76. The lowest BCUT2D eigenvalue weighted by atomic mass is 10.1. The van der Waals surface area contributed by atoms with Crippen LogP contribution in [0.1, 0.15) is 23.4 Å². The van der Waals surface area contributed by atoms with Crippen molar-refractivity contribution in [2.45, 2.75) is 26.3 Å². The van der Waals surface area contributed by atoms with Gasteiger partial charge in [-0.25, -0.2) is 4.98 Å². The third-order valence-corrected chi connectivity index (χ3v) is 4.74. The number of imidazole rings is 1. The summed E-state index contributed by atoms with van der Waals surface area (Å²) in [6.07, 6.45) is 1.65. The smallest absolute Gasteiger partial charge is 0.191 e. The van der Waals surface area contributed by atoms with E-state index in [2.05, 4.69) is 50.7 Å². The first kappa shape index (κ1) is 24.9. The van der Waals surface area contributed by atoms with Gasteiger partial charge in [0, 0.05) is 52.3 Å². The van der Waals surface area contributed by atoms with Crippen LogP contribution in [0.25, 0.3) is 11.0 Å². The number of rotatable bonds is 10. The summed E-state index contributed by atoms with van der Waals surface area (Å²) in [5, 5.41) is 6.71. The molecule has 1 aromatic heterocycles. The second-order valence-electron chi connectivity index (χ2n) is 7.11. The van der Waals surface area contributed by atoms with Gasteiger partial charge >= 0.3 is 0 Å². The number of para-hydroxylation sites is 2. The van der Waals surface area contributed by atoms with Crippen molar-refractivity contribution in [3.05, 3.63) is 59.4 Å². The van der Waals surface area contributed by atoms with E-state index >= 15 is 0 Å². The molecule has 168 valence electrons. The number of fused-ring (bicyclic) bond motifs is 1. The normalized spacial score (nSPS) is 11.3. The maximum absolute atomic E-state index is 5.96. The molecule has 0 aliphatic carbocycles. The van der Waals surface area contributed by atoms with Gasteiger partial charge in [-0.3, -0.25) is 4.99 Å². The minimum Gasteiger partial charge on any atom is -0.493 e. The number of ether oxygens (including phenoxy) is 2. The van der Waals surface area contributed by atoms with Crippen molar-refractivity contribution >= 4 is 41.0 Å². The van der Waals surface area contributed by atoms with Crippen molar-refractivity contribution in [1.82, 2.24) is 20.6 Å². The largest absolute Gasteiger partial charge is 0.493 e. The number of H-pyrrole nitrogens is 1. The molecule has 2 aromatic carbocycles. The van der Waals surface area contributed by atoms with E-state index in [9.17, 15) is 0 Å². The summed E-state index contributed by atoms with van der Waals surface area (Å²) in [5.74, 6) is 2.61. The van der Waals surface area contributed by atoms with Crippen LogP contribution in [0, 0.1) is 6.92 Å². The number of benzene rings is 2. The highest BCUT2D eigenvalue weighted by Crippen LogP contribution is 2.20. The van der Waals surface area contributed by atoms with Gasteiger partial charge in [0.2, 0.25) is 0 Å². The van der Waals surface area contributed by atoms with Crippen LogP contribution in [0.2, 0.25) is 0 Å². The van der Waals surface area contributed by atoms with Crippen LogP contribution in [0.3, 0.4) is 0 Å². The molecule has 8 heteroatoms. The lowest BCUT2D eigenvalue weighted by Crippen LogP contribution is -2.38. The van der Waals surface area contributed by atoms with Gasteiger partial charge in [-0.2, -0.15) is 0 Å². The first-order valence-electron chi connectivity index (χ1n) is 10.3. The number of aryl methyl sites for hydroxylation is 1. The van der Waals surface area contributed by atoms with Crippen LogP contribution < -0.4 is 15.4 Å². The van der Waals surface area contributed by atoms with Crippen molar-refractivity contribution in [2.24, 2.45) is 4.99 Å². The molecule has 1 heterocycles. The Kier molecular flexibility index (Phi) is 10.6. The van der Waals surface area contributed by atoms with Crippen LogP contribution in [-0.4, -0.2) is 49.8 Å². The van der Waals surface area contributed by atoms with Crippen LogP contribution >= 0.6 is 24.0 Å². The molecule has 0 unspecified atom stereocenters. The van der Waals surface area contributed by atoms with Crippen molar-refractivity contribution in [2.75, 3.05) is 33.9 Å². The Labute approximate surface area is 201 Å². The molecule has 0 bridgehead atoms. The number of halogens is 1. The number of aromatic amines is 1. The fraction of sp³-hybridized carbons (Fsp3) is 0.391. The number of aromatic nitrogens is 2. The first-order chi connectivity index (χ1) is 14.7. The third kappa shape index (κ3) is 7.70. The monoisotopic (exact) mass is 537 g/mol. The minimum absolute atomic E-state index is 0. The highest BCUT2D eigenvalue weighted by Gasteiger charge is 2.07. The molecule has 0 spiro atoms. The van der Waals surface area contributed by atoms with E-state index in [0.717, 1.165) is 53.5 Å². The fourth-order valence-corrected chi connectivity index (χ4v) is 3.15. The summed E-state index contributed by atoms with van der Waals surface area (Å²) in [5.41, 5.74) is 4.33. The molecule has 3 aromatic rings. The molecule has 0 fully saturated rings. The zero-order valence-electron chi connectivity index (χ0n) is 18.4. The molecule has 0 aliphatic heterocycles. The molecule has 0 atom stereocenters. The van der Waals surface area contributed by atoms with Gasteiger partial charge in [-0.15, -0.1) is 24.0 Å². The Morgan fingerprint density at radius 2 is 1.97 bits per heavy atom. The van der Waals surface area contributed by atoms with E-state index in [0.29, 0.717) is 19.8 Å². The maximum Gasteiger partial charge on any atom is 0.191 e. The SMILES string of the molecule is CN=C(NCCc1nc2ccccc2[nH]1)NCc1ccc(C)cc1OCCCOC.I. The summed E-state index contributed by atoms with van der Waals surface area (Å²) < 4.78 is 11.1. The van der Waals surface area contributed by atoms with Gasteiger partial charge in [-0.05, 0) is 30.7 Å². The number of guanidine groups is 1. The molecule has 7 nitrogen and oxygen atoms in total. The van der Waals surface area contributed by atoms with Crippen LogP contribution in [-0.2, 0) is 17.7 Å². The third-order valence-electron chi connectivity index (χ3n) is 4.74. The van der Waals surface area contributed by atoms with E-state index < -0.39 is 0 Å². The lowest BCUT2D eigenvalue weighted by molar-refractivity contribution is 0.172. The molecular weight excluding hydrogens is 505 g/mol. The van der Waals surface area contributed by atoms with Gasteiger partial charge in [0.25, 0.3) is 0 Å². The summed E-state index contributed by atoms with van der Waals surface area (Å²) in [7, 11) is 3.47. The Balaban J connectivity index is 0.00000341. The van der Waals surface area contributed by atoms with Crippen molar-refractivity contribution in [1.29, 1.82) is 0 Å². The molecule has 0 amide bonds. The zero-order chi connectivity index (χ0) is 21.2. The van der Waals surface area contributed by atoms with Gasteiger partial charge in [-0.1, -0.05) is 24.3 Å². The van der Waals surface area contributed by atoms with Gasteiger partial charge < -0.3 is 25.1 Å². The van der Waals surface area contributed by atoms with Crippen molar-refractivity contribution in [3.63, 3.8) is 0 Å². The Morgan fingerprint density at radius 1 is 1.13 bits per heavy atom. The summed E-state index contributed by atoms with van der Waals surface area (Å²) >= 11 is 0. The predicted octanol–water partition coefficient (Wildman–Crippen LogP) is 3.81. The number of methoxy groups -OCH3 is 1. The van der Waals surface area contributed by atoms with Crippen LogP contribution in [0.15, 0.2) is 47.5 Å². The van der Waals surface area contributed by atoms with Gasteiger partial charge in [0.1, 0.15) is 11.6 Å². The molecule has 0 radical (unpaired) electrons. The second kappa shape index (κ2) is 13.2. The highest BCUT2D eigenvalue weighted by atomic mass is 127. The fourth-order valence-electron chi connectivity index (χ4n) is 3.15. The van der Waals surface area contributed by atoms with Crippen LogP contribution in [0.5, 0.6) is 5.75 Å². The minimum atomic E-state index is 0. The van der Waals surface area contributed by atoms with Crippen molar-refractivity contribution < 1.29 is 9.47 Å². The Morgan fingerprint density at radius 3 is 2.74 bits per heavy atom. The molecule has 3 rings (SSSR count). The molecule has 0 aliphatic rings. The topological polar surface area (TPSA) is 83.6 Å². The lowest BCUT2D eigenvalue weighted by Gasteiger charge is -2.15. The standard InChI is InChI=1S/C23H31N5O2.HI/c1-17-9-10-18(21(15-17)30-14-6-13-29-3)16-26-23(24-2)25-12-11-22-27-19-7-4-5-8-20(19)28-22;/h4-5,7-10,15H,6,11-14,16H2,1-3H3,(H,27,28)(H2,24,25,26);1H. The highest BCUT2D eigenvalue weighted by molar-refractivity contribution is 14.0. The number of nitrogens with one attached hydrogen (secondary N) is 3. The summed E-state index contributed by atoms with van der Waals surface area (Å²) in [4.78, 5) is 12.3. The van der Waals surface area contributed by atoms with E-state index in [1.807, 2.05) is 24.3 Å². The number of hydrogen-bond acceptors (Lipinski definition) is 4.